The van der Waals surface area contributed by atoms with Gasteiger partial charge in [0.25, 0.3) is 0 Å². The summed E-state index contributed by atoms with van der Waals surface area (Å²) in [6.45, 7) is 10.6. The van der Waals surface area contributed by atoms with Gasteiger partial charge in [0.2, 0.25) is 0 Å². The molecule has 1 heterocycles. The van der Waals surface area contributed by atoms with Gasteiger partial charge in [0.1, 0.15) is 17.5 Å². The van der Waals surface area contributed by atoms with Gasteiger partial charge in [-0.05, 0) is 44.9 Å². The molecule has 21 heavy (non-hydrogen) atoms. The van der Waals surface area contributed by atoms with E-state index in [1.165, 1.54) is 25.7 Å². The quantitative estimate of drug-likeness (QED) is 0.717. The summed E-state index contributed by atoms with van der Waals surface area (Å²) in [6, 6.07) is 0. The topological polar surface area (TPSA) is 49.8 Å². The van der Waals surface area contributed by atoms with E-state index in [2.05, 4.69) is 43.3 Å². The summed E-state index contributed by atoms with van der Waals surface area (Å²) in [7, 11) is 0. The molecule has 1 aromatic rings. The molecule has 1 aromatic heterocycles. The zero-order valence-electron chi connectivity index (χ0n) is 14.1. The Balaban J connectivity index is 2.12. The summed E-state index contributed by atoms with van der Waals surface area (Å²) in [5.74, 6) is 2.95. The summed E-state index contributed by atoms with van der Waals surface area (Å²) in [5, 5.41) is 6.97. The fourth-order valence-electron chi connectivity index (χ4n) is 2.90. The van der Waals surface area contributed by atoms with Crippen LogP contribution >= 0.6 is 0 Å². The Labute approximate surface area is 129 Å². The van der Waals surface area contributed by atoms with Crippen LogP contribution in [0.25, 0.3) is 0 Å². The summed E-state index contributed by atoms with van der Waals surface area (Å²) in [5.41, 5.74) is 1.68. The van der Waals surface area contributed by atoms with Gasteiger partial charge in [-0.1, -0.05) is 20.3 Å². The average molecular weight is 290 g/mol. The summed E-state index contributed by atoms with van der Waals surface area (Å²) < 4.78 is 0. The van der Waals surface area contributed by atoms with Crippen molar-refractivity contribution in [3.8, 4) is 0 Å². The van der Waals surface area contributed by atoms with E-state index in [4.69, 9.17) is 4.98 Å². The van der Waals surface area contributed by atoms with Crippen LogP contribution in [0.15, 0.2) is 0 Å². The normalized spacial score (nSPS) is 15.8. The Hall–Kier alpha value is -1.32. The third-order valence-corrected chi connectivity index (χ3v) is 4.38. The molecular formula is C17H30N4. The number of rotatable bonds is 9. The molecule has 2 N–H and O–H groups in total. The number of aryl methyl sites for hydroxylation is 1. The lowest BCUT2D eigenvalue weighted by Gasteiger charge is -2.18. The standard InChI is InChI=1S/C17H30N4/c1-5-8-14-20-15(18-7-3)13(4)16(21-14)19-12-17(9-6-2)10-11-17/h5-12H2,1-4H3,(H2,18,19,20,21). The van der Waals surface area contributed by atoms with Crippen LogP contribution in [0.2, 0.25) is 0 Å². The highest BCUT2D eigenvalue weighted by Gasteiger charge is 2.41. The predicted molar refractivity (Wildman–Crippen MR) is 90.0 cm³/mol. The lowest BCUT2D eigenvalue weighted by molar-refractivity contribution is 0.485. The van der Waals surface area contributed by atoms with E-state index in [1.807, 2.05) is 0 Å². The number of aromatic nitrogens is 2. The van der Waals surface area contributed by atoms with E-state index in [9.17, 15) is 0 Å². The molecule has 0 spiro atoms. The molecule has 0 amide bonds. The van der Waals surface area contributed by atoms with Crippen LogP contribution in [0.5, 0.6) is 0 Å². The molecule has 0 unspecified atom stereocenters. The van der Waals surface area contributed by atoms with E-state index < -0.39 is 0 Å². The molecule has 1 fully saturated rings. The molecule has 2 rings (SSSR count). The number of anilines is 2. The highest BCUT2D eigenvalue weighted by molar-refractivity contribution is 5.57. The van der Waals surface area contributed by atoms with Crippen LogP contribution < -0.4 is 10.6 Å². The second-order valence-corrected chi connectivity index (χ2v) is 6.35. The first-order valence-corrected chi connectivity index (χ1v) is 8.49. The monoisotopic (exact) mass is 290 g/mol. The minimum absolute atomic E-state index is 0.537. The van der Waals surface area contributed by atoms with Crippen LogP contribution in [0.1, 0.15) is 64.3 Å². The minimum Gasteiger partial charge on any atom is -0.370 e. The molecular weight excluding hydrogens is 260 g/mol. The second-order valence-electron chi connectivity index (χ2n) is 6.35. The first-order valence-electron chi connectivity index (χ1n) is 8.49. The molecule has 1 aliphatic rings. The van der Waals surface area contributed by atoms with Crippen LogP contribution in [0.3, 0.4) is 0 Å². The highest BCUT2D eigenvalue weighted by atomic mass is 15.1. The largest absolute Gasteiger partial charge is 0.370 e. The van der Waals surface area contributed by atoms with Gasteiger partial charge in [-0.3, -0.25) is 0 Å². The maximum atomic E-state index is 4.73. The third kappa shape index (κ3) is 4.08. The van der Waals surface area contributed by atoms with Crippen molar-refractivity contribution in [1.29, 1.82) is 0 Å². The Morgan fingerprint density at radius 2 is 1.67 bits per heavy atom. The van der Waals surface area contributed by atoms with Crippen LogP contribution in [0, 0.1) is 12.3 Å². The van der Waals surface area contributed by atoms with Crippen LogP contribution in [-0.2, 0) is 6.42 Å². The fourth-order valence-corrected chi connectivity index (χ4v) is 2.90. The zero-order valence-corrected chi connectivity index (χ0v) is 14.1. The molecule has 0 aliphatic heterocycles. The third-order valence-electron chi connectivity index (χ3n) is 4.38. The highest BCUT2D eigenvalue weighted by Crippen LogP contribution is 2.49. The molecule has 4 nitrogen and oxygen atoms in total. The van der Waals surface area contributed by atoms with Gasteiger partial charge in [-0.25, -0.2) is 9.97 Å². The molecule has 1 saturated carbocycles. The first-order chi connectivity index (χ1) is 10.1. The van der Waals surface area contributed by atoms with Crippen molar-refractivity contribution in [2.75, 3.05) is 23.7 Å². The molecule has 0 radical (unpaired) electrons. The van der Waals surface area contributed by atoms with Crippen LogP contribution in [-0.4, -0.2) is 23.1 Å². The summed E-state index contributed by atoms with van der Waals surface area (Å²) >= 11 is 0. The number of nitrogens with one attached hydrogen (secondary N) is 2. The van der Waals surface area contributed by atoms with Crippen molar-refractivity contribution in [2.45, 2.75) is 66.2 Å². The Morgan fingerprint density at radius 3 is 2.19 bits per heavy atom. The molecule has 118 valence electrons. The van der Waals surface area contributed by atoms with Crippen molar-refractivity contribution in [3.05, 3.63) is 11.4 Å². The number of hydrogen-bond donors (Lipinski definition) is 2. The van der Waals surface area contributed by atoms with E-state index in [1.54, 1.807) is 0 Å². The van der Waals surface area contributed by atoms with Crippen molar-refractivity contribution in [2.24, 2.45) is 5.41 Å². The van der Waals surface area contributed by atoms with Gasteiger partial charge in [-0.2, -0.15) is 0 Å². The smallest absolute Gasteiger partial charge is 0.134 e. The van der Waals surface area contributed by atoms with Gasteiger partial charge in [0.05, 0.1) is 0 Å². The van der Waals surface area contributed by atoms with Crippen LogP contribution in [0.4, 0.5) is 11.6 Å². The van der Waals surface area contributed by atoms with Gasteiger partial charge < -0.3 is 10.6 Å². The molecule has 1 aliphatic carbocycles. The minimum atomic E-state index is 0.537. The lowest BCUT2D eigenvalue weighted by atomic mass is 10.0. The molecule has 0 bridgehead atoms. The second kappa shape index (κ2) is 7.10. The Bertz CT molecular complexity index is 466. The number of nitrogens with zero attached hydrogens (tertiary/aromatic N) is 2. The average Bonchev–Trinajstić information content (AvgIpc) is 3.22. The Kier molecular flexibility index (Phi) is 5.43. The van der Waals surface area contributed by atoms with Gasteiger partial charge >= 0.3 is 0 Å². The maximum absolute atomic E-state index is 4.73. The van der Waals surface area contributed by atoms with Gasteiger partial charge in [-0.15, -0.1) is 0 Å². The van der Waals surface area contributed by atoms with Crippen molar-refractivity contribution < 1.29 is 0 Å². The van der Waals surface area contributed by atoms with Crippen molar-refractivity contribution in [3.63, 3.8) is 0 Å². The maximum Gasteiger partial charge on any atom is 0.134 e. The fraction of sp³-hybridized carbons (Fsp3) is 0.765. The van der Waals surface area contributed by atoms with Gasteiger partial charge in [0, 0.05) is 25.1 Å². The van der Waals surface area contributed by atoms with Crippen molar-refractivity contribution >= 4 is 11.6 Å². The number of hydrogen-bond acceptors (Lipinski definition) is 4. The van der Waals surface area contributed by atoms with E-state index in [0.29, 0.717) is 5.41 Å². The summed E-state index contributed by atoms with van der Waals surface area (Å²) in [4.78, 5) is 9.38. The van der Waals surface area contributed by atoms with Gasteiger partial charge in [0.15, 0.2) is 0 Å². The SMILES string of the molecule is CCCc1nc(NCC)c(C)c(NCC2(CCC)CC2)n1. The molecule has 4 heteroatoms. The zero-order chi connectivity index (χ0) is 15.3. The summed E-state index contributed by atoms with van der Waals surface area (Å²) in [6.07, 6.45) is 7.33. The molecule has 0 saturated heterocycles. The van der Waals surface area contributed by atoms with E-state index in [0.717, 1.165) is 49.0 Å². The lowest BCUT2D eigenvalue weighted by Crippen LogP contribution is -2.18. The first kappa shape index (κ1) is 16.1. The van der Waals surface area contributed by atoms with Crippen molar-refractivity contribution in [1.82, 2.24) is 9.97 Å². The van der Waals surface area contributed by atoms with E-state index in [-0.39, 0.29) is 0 Å². The Morgan fingerprint density at radius 1 is 1.00 bits per heavy atom. The van der Waals surface area contributed by atoms with E-state index >= 15 is 0 Å². The molecule has 0 aromatic carbocycles. The molecule has 0 atom stereocenters. The predicted octanol–water partition coefficient (Wildman–Crippen LogP) is 4.16.